The first-order chi connectivity index (χ1) is 7.70. The third-order valence-corrected chi connectivity index (χ3v) is 2.02. The molecule has 0 saturated carbocycles. The van der Waals surface area contributed by atoms with E-state index in [2.05, 4.69) is 4.98 Å². The zero-order chi connectivity index (χ0) is 11.9. The standard InChI is InChI=1S/C12H19NO3/c1-4-14-12(3,15-5-2)16-10-11-8-6-7-9-13-11/h6-9H,4-5,10H2,1-3H3. The predicted octanol–water partition coefficient (Wildman–Crippen LogP) is 2.34. The highest BCUT2D eigenvalue weighted by molar-refractivity contribution is 5.01. The largest absolute Gasteiger partial charge is 0.328 e. The average molecular weight is 225 g/mol. The second-order valence-corrected chi connectivity index (χ2v) is 3.34. The smallest absolute Gasteiger partial charge is 0.280 e. The Morgan fingerprint density at radius 2 is 1.81 bits per heavy atom. The van der Waals surface area contributed by atoms with E-state index < -0.39 is 5.97 Å². The molecular formula is C12H19NO3. The second-order valence-electron chi connectivity index (χ2n) is 3.34. The van der Waals surface area contributed by atoms with Crippen molar-refractivity contribution in [2.45, 2.75) is 33.4 Å². The number of nitrogens with zero attached hydrogens (tertiary/aromatic N) is 1. The lowest BCUT2D eigenvalue weighted by molar-refractivity contribution is -0.372. The van der Waals surface area contributed by atoms with Crippen molar-refractivity contribution in [3.05, 3.63) is 30.1 Å². The molecule has 0 aliphatic heterocycles. The van der Waals surface area contributed by atoms with E-state index in [0.29, 0.717) is 19.8 Å². The first kappa shape index (κ1) is 13.1. The van der Waals surface area contributed by atoms with Crippen molar-refractivity contribution in [1.82, 2.24) is 4.98 Å². The van der Waals surface area contributed by atoms with Crippen LogP contribution in [0.4, 0.5) is 0 Å². The van der Waals surface area contributed by atoms with Gasteiger partial charge in [-0.15, -0.1) is 0 Å². The third kappa shape index (κ3) is 4.26. The molecule has 1 rings (SSSR count). The van der Waals surface area contributed by atoms with Gasteiger partial charge in [0, 0.05) is 26.3 Å². The minimum atomic E-state index is -0.985. The molecular weight excluding hydrogens is 206 g/mol. The molecule has 1 aromatic rings. The molecule has 0 N–H and O–H groups in total. The predicted molar refractivity (Wildman–Crippen MR) is 60.7 cm³/mol. The van der Waals surface area contributed by atoms with Crippen LogP contribution in [0.3, 0.4) is 0 Å². The van der Waals surface area contributed by atoms with Crippen LogP contribution in [-0.2, 0) is 20.8 Å². The Labute approximate surface area is 96.5 Å². The van der Waals surface area contributed by atoms with E-state index >= 15 is 0 Å². The fourth-order valence-corrected chi connectivity index (χ4v) is 1.34. The summed E-state index contributed by atoms with van der Waals surface area (Å²) < 4.78 is 16.4. The summed E-state index contributed by atoms with van der Waals surface area (Å²) in [5, 5.41) is 0. The van der Waals surface area contributed by atoms with E-state index in [0.717, 1.165) is 5.69 Å². The van der Waals surface area contributed by atoms with Gasteiger partial charge in [-0.2, -0.15) is 0 Å². The molecule has 0 saturated heterocycles. The van der Waals surface area contributed by atoms with Crippen LogP contribution < -0.4 is 0 Å². The summed E-state index contributed by atoms with van der Waals surface area (Å²) in [6, 6.07) is 5.69. The summed E-state index contributed by atoms with van der Waals surface area (Å²) in [5.41, 5.74) is 0.855. The number of hydrogen-bond acceptors (Lipinski definition) is 4. The minimum Gasteiger partial charge on any atom is -0.328 e. The van der Waals surface area contributed by atoms with Gasteiger partial charge in [-0.25, -0.2) is 0 Å². The van der Waals surface area contributed by atoms with Crippen LogP contribution in [-0.4, -0.2) is 24.2 Å². The van der Waals surface area contributed by atoms with Crippen LogP contribution >= 0.6 is 0 Å². The summed E-state index contributed by atoms with van der Waals surface area (Å²) >= 11 is 0. The lowest BCUT2D eigenvalue weighted by atomic mass is 10.4. The molecule has 1 aromatic heterocycles. The van der Waals surface area contributed by atoms with Gasteiger partial charge in [0.15, 0.2) is 0 Å². The number of hydrogen-bond donors (Lipinski definition) is 0. The van der Waals surface area contributed by atoms with Gasteiger partial charge in [0.2, 0.25) is 0 Å². The molecule has 4 nitrogen and oxygen atoms in total. The summed E-state index contributed by atoms with van der Waals surface area (Å²) in [5.74, 6) is -0.985. The summed E-state index contributed by atoms with van der Waals surface area (Å²) in [7, 11) is 0. The van der Waals surface area contributed by atoms with E-state index in [1.54, 1.807) is 13.1 Å². The molecule has 0 aromatic carbocycles. The van der Waals surface area contributed by atoms with Gasteiger partial charge in [-0.1, -0.05) is 6.07 Å². The molecule has 0 unspecified atom stereocenters. The maximum Gasteiger partial charge on any atom is 0.280 e. The zero-order valence-electron chi connectivity index (χ0n) is 10.1. The Morgan fingerprint density at radius 1 is 1.12 bits per heavy atom. The zero-order valence-corrected chi connectivity index (χ0v) is 10.1. The van der Waals surface area contributed by atoms with Crippen molar-refractivity contribution in [2.24, 2.45) is 0 Å². The van der Waals surface area contributed by atoms with Crippen LogP contribution in [0.1, 0.15) is 26.5 Å². The van der Waals surface area contributed by atoms with Crippen LogP contribution in [0.5, 0.6) is 0 Å². The molecule has 4 heteroatoms. The van der Waals surface area contributed by atoms with E-state index in [-0.39, 0.29) is 0 Å². The lowest BCUT2D eigenvalue weighted by Crippen LogP contribution is -2.35. The van der Waals surface area contributed by atoms with Crippen molar-refractivity contribution in [3.8, 4) is 0 Å². The molecule has 0 aliphatic carbocycles. The van der Waals surface area contributed by atoms with Crippen LogP contribution in [0.15, 0.2) is 24.4 Å². The summed E-state index contributed by atoms with van der Waals surface area (Å²) in [6.07, 6.45) is 1.73. The Morgan fingerprint density at radius 3 is 2.31 bits per heavy atom. The van der Waals surface area contributed by atoms with Gasteiger partial charge in [0.05, 0.1) is 12.3 Å². The van der Waals surface area contributed by atoms with Crippen molar-refractivity contribution in [3.63, 3.8) is 0 Å². The maximum absolute atomic E-state index is 5.59. The summed E-state index contributed by atoms with van der Waals surface area (Å²) in [4.78, 5) is 4.17. The second kappa shape index (κ2) is 6.58. The van der Waals surface area contributed by atoms with Gasteiger partial charge in [-0.3, -0.25) is 4.98 Å². The van der Waals surface area contributed by atoms with Gasteiger partial charge in [0.25, 0.3) is 5.97 Å². The highest BCUT2D eigenvalue weighted by Crippen LogP contribution is 2.16. The quantitative estimate of drug-likeness (QED) is 0.668. The Balaban J connectivity index is 2.49. The monoisotopic (exact) mass is 225 g/mol. The number of ether oxygens (including phenoxy) is 3. The van der Waals surface area contributed by atoms with Crippen molar-refractivity contribution in [2.75, 3.05) is 13.2 Å². The van der Waals surface area contributed by atoms with Crippen molar-refractivity contribution < 1.29 is 14.2 Å². The topological polar surface area (TPSA) is 40.6 Å². The molecule has 1 heterocycles. The maximum atomic E-state index is 5.59. The fraction of sp³-hybridized carbons (Fsp3) is 0.583. The van der Waals surface area contributed by atoms with E-state index in [1.165, 1.54) is 0 Å². The molecule has 0 spiro atoms. The van der Waals surface area contributed by atoms with Crippen LogP contribution in [0.25, 0.3) is 0 Å². The molecule has 90 valence electrons. The Kier molecular flexibility index (Phi) is 5.38. The van der Waals surface area contributed by atoms with Crippen molar-refractivity contribution in [1.29, 1.82) is 0 Å². The molecule has 0 radical (unpaired) electrons. The number of rotatable bonds is 7. The number of aromatic nitrogens is 1. The molecule has 16 heavy (non-hydrogen) atoms. The van der Waals surface area contributed by atoms with Gasteiger partial charge < -0.3 is 14.2 Å². The molecule has 0 aliphatic rings. The Bertz CT molecular complexity index is 284. The number of pyridine rings is 1. The van der Waals surface area contributed by atoms with E-state index in [9.17, 15) is 0 Å². The normalized spacial score (nSPS) is 11.7. The van der Waals surface area contributed by atoms with Crippen molar-refractivity contribution >= 4 is 0 Å². The van der Waals surface area contributed by atoms with Gasteiger partial charge in [-0.05, 0) is 26.0 Å². The summed E-state index contributed by atoms with van der Waals surface area (Å²) in [6.45, 7) is 7.03. The lowest BCUT2D eigenvalue weighted by Gasteiger charge is -2.28. The van der Waals surface area contributed by atoms with Gasteiger partial charge in [0.1, 0.15) is 0 Å². The fourth-order valence-electron chi connectivity index (χ4n) is 1.34. The molecule has 0 fully saturated rings. The van der Waals surface area contributed by atoms with Crippen LogP contribution in [0.2, 0.25) is 0 Å². The first-order valence-corrected chi connectivity index (χ1v) is 5.52. The SMILES string of the molecule is CCOC(C)(OCC)OCc1ccccn1. The van der Waals surface area contributed by atoms with E-state index in [1.807, 2.05) is 32.0 Å². The Hall–Kier alpha value is -0.970. The molecule has 0 atom stereocenters. The highest BCUT2D eigenvalue weighted by Gasteiger charge is 2.26. The minimum absolute atomic E-state index is 0.372. The van der Waals surface area contributed by atoms with E-state index in [4.69, 9.17) is 14.2 Å². The third-order valence-electron chi connectivity index (χ3n) is 2.02. The average Bonchev–Trinajstić information content (AvgIpc) is 2.29. The first-order valence-electron chi connectivity index (χ1n) is 5.52. The van der Waals surface area contributed by atoms with Gasteiger partial charge >= 0.3 is 0 Å². The highest BCUT2D eigenvalue weighted by atomic mass is 16.9. The molecule has 0 amide bonds. The molecule has 0 bridgehead atoms. The van der Waals surface area contributed by atoms with Crippen LogP contribution in [0, 0.1) is 0 Å².